The largest absolute Gasteiger partial charge is 0.406 e. The molecule has 2 radical (unpaired) electrons. The normalized spacial score (nSPS) is 13.1. The number of rotatable bonds is 2. The van der Waals surface area contributed by atoms with Crippen molar-refractivity contribution in [1.29, 1.82) is 0 Å². The Morgan fingerprint density at radius 2 is 1.65 bits per heavy atom. The minimum Gasteiger partial charge on any atom is -0.406 e. The topological polar surface area (TPSA) is 19.4 Å². The summed E-state index contributed by atoms with van der Waals surface area (Å²) in [5, 5.41) is 2.51. The van der Waals surface area contributed by atoms with Gasteiger partial charge in [-0.05, 0) is 41.6 Å². The Hall–Kier alpha value is -2.10. The summed E-state index contributed by atoms with van der Waals surface area (Å²) in [5.41, 5.74) is 2.32. The van der Waals surface area contributed by atoms with Crippen molar-refractivity contribution in [2.45, 2.75) is 0 Å². The van der Waals surface area contributed by atoms with Crippen molar-refractivity contribution in [2.75, 3.05) is 11.9 Å². The fraction of sp³-hybridized carbons (Fsp3) is 0.0556. The van der Waals surface area contributed by atoms with Gasteiger partial charge in [0.05, 0.1) is 0 Å². The van der Waals surface area contributed by atoms with E-state index in [4.69, 9.17) is 0 Å². The Balaban J connectivity index is 0.00000156. The van der Waals surface area contributed by atoms with E-state index in [1.165, 1.54) is 16.3 Å². The fourth-order valence-corrected chi connectivity index (χ4v) is 2.66. The maximum absolute atomic E-state index is 4.57. The average Bonchev–Trinajstić information content (AvgIpc) is 3.01. The van der Waals surface area contributed by atoms with Gasteiger partial charge < -0.3 is 9.62 Å². The first-order valence-corrected chi connectivity index (χ1v) is 7.28. The Bertz CT molecular complexity index is 848. The zero-order chi connectivity index (χ0) is 14.9. The van der Waals surface area contributed by atoms with Gasteiger partial charge in [-0.3, -0.25) is 0 Å². The molecule has 2 aromatic carbocycles. The summed E-state index contributed by atoms with van der Waals surface area (Å²) in [4.78, 5) is 8.57. The van der Waals surface area contributed by atoms with Crippen LogP contribution in [-0.2, 0) is 20.1 Å². The molecule has 0 bridgehead atoms. The van der Waals surface area contributed by atoms with Crippen LogP contribution in [0.3, 0.4) is 0 Å². The van der Waals surface area contributed by atoms with Crippen molar-refractivity contribution in [2.24, 2.45) is 0 Å². The molecule has 0 amide bonds. The smallest absolute Gasteiger partial charge is 0.396 e. The van der Waals surface area contributed by atoms with Gasteiger partial charge in [0.25, 0.3) is 0 Å². The number of hydrogen-bond donors (Lipinski definition) is 0. The van der Waals surface area contributed by atoms with Crippen molar-refractivity contribution in [3.63, 3.8) is 0 Å². The third-order valence-corrected chi connectivity index (χ3v) is 3.86. The van der Waals surface area contributed by atoms with Crippen molar-refractivity contribution in [3.05, 3.63) is 73.2 Å². The van der Waals surface area contributed by atoms with Crippen LogP contribution in [0.2, 0.25) is 0 Å². The molecule has 4 rings (SSSR count). The molecule has 23 heavy (non-hydrogen) atoms. The van der Waals surface area contributed by atoms with E-state index in [2.05, 4.69) is 53.5 Å². The molecule has 0 spiro atoms. The third-order valence-electron chi connectivity index (χ3n) is 3.86. The summed E-state index contributed by atoms with van der Waals surface area (Å²) in [6, 6.07) is 19.1. The van der Waals surface area contributed by atoms with E-state index in [1.807, 2.05) is 48.9 Å². The number of fused-ring (bicyclic) bond motifs is 1. The molecule has 0 aliphatic carbocycles. The summed E-state index contributed by atoms with van der Waals surface area (Å²) in [6.45, 7) is 0. The number of nitrogens with zero attached hydrogens (tertiary/aromatic N) is 3. The first kappa shape index (κ1) is 15.8. The molecule has 5 heteroatoms. The second-order valence-corrected chi connectivity index (χ2v) is 5.45. The van der Waals surface area contributed by atoms with E-state index in [9.17, 15) is 0 Å². The van der Waals surface area contributed by atoms with Gasteiger partial charge in [-0.15, -0.1) is 0 Å². The van der Waals surface area contributed by atoms with Gasteiger partial charge in [0, 0.05) is 44.3 Å². The molecular formula is C18H15BIrN3. The number of aromatic nitrogens is 1. The molecule has 0 N–H and O–H groups in total. The average molecular weight is 476 g/mol. The minimum absolute atomic E-state index is 0. The first-order valence-electron chi connectivity index (χ1n) is 7.28. The maximum Gasteiger partial charge on any atom is 0.396 e. The van der Waals surface area contributed by atoms with Crippen LogP contribution < -0.4 is 4.81 Å². The van der Waals surface area contributed by atoms with Crippen molar-refractivity contribution in [3.8, 4) is 11.1 Å². The number of anilines is 1. The second-order valence-electron chi connectivity index (χ2n) is 5.45. The molecule has 3 nitrogen and oxygen atoms in total. The van der Waals surface area contributed by atoms with Crippen molar-refractivity contribution in [1.82, 2.24) is 9.79 Å². The van der Waals surface area contributed by atoms with Gasteiger partial charge in [0.2, 0.25) is 0 Å². The molecule has 2 heterocycles. The van der Waals surface area contributed by atoms with Crippen LogP contribution in [0.5, 0.6) is 0 Å². The van der Waals surface area contributed by atoms with Gasteiger partial charge in [0.1, 0.15) is 5.82 Å². The van der Waals surface area contributed by atoms with Gasteiger partial charge in [-0.2, -0.15) is 0 Å². The molecular weight excluding hydrogens is 461 g/mol. The Kier molecular flexibility index (Phi) is 4.51. The molecule has 0 unspecified atom stereocenters. The molecule has 114 valence electrons. The first-order chi connectivity index (χ1) is 10.8. The SMILES string of the molecule is CN1[B]N(c2ccc(-c3ccc4ccccc4c3)cn2)C=C1.[Ir]. The summed E-state index contributed by atoms with van der Waals surface area (Å²) in [5.74, 6) is 0.921. The molecule has 3 aromatic rings. The molecule has 0 fully saturated rings. The van der Waals surface area contributed by atoms with Crippen LogP contribution in [0.15, 0.2) is 73.2 Å². The fourth-order valence-electron chi connectivity index (χ4n) is 2.66. The molecule has 1 aliphatic heterocycles. The van der Waals surface area contributed by atoms with Crippen LogP contribution >= 0.6 is 0 Å². The van der Waals surface area contributed by atoms with E-state index in [-0.39, 0.29) is 20.1 Å². The Morgan fingerprint density at radius 1 is 0.870 bits per heavy atom. The van der Waals surface area contributed by atoms with E-state index in [0.29, 0.717) is 0 Å². The summed E-state index contributed by atoms with van der Waals surface area (Å²) >= 11 is 0. The molecule has 0 saturated heterocycles. The standard InChI is InChI=1S/C18H15BN3.Ir/c1-21-10-11-22(19-21)18-9-8-17(13-20-18)16-7-6-14-4-2-3-5-15(14)12-16;/h2-13H,1H3;. The molecule has 0 saturated carbocycles. The monoisotopic (exact) mass is 477 g/mol. The third kappa shape index (κ3) is 3.16. The summed E-state index contributed by atoms with van der Waals surface area (Å²) in [7, 11) is 4.00. The van der Waals surface area contributed by atoms with Crippen LogP contribution in [0.4, 0.5) is 5.82 Å². The van der Waals surface area contributed by atoms with E-state index in [1.54, 1.807) is 0 Å². The van der Waals surface area contributed by atoms with Gasteiger partial charge in [0.15, 0.2) is 0 Å². The Morgan fingerprint density at radius 3 is 2.35 bits per heavy atom. The van der Waals surface area contributed by atoms with E-state index >= 15 is 0 Å². The molecule has 1 aliphatic rings. The van der Waals surface area contributed by atoms with Crippen LogP contribution in [0, 0.1) is 0 Å². The number of benzene rings is 2. The number of pyridine rings is 1. The van der Waals surface area contributed by atoms with Gasteiger partial charge >= 0.3 is 7.55 Å². The quantitative estimate of drug-likeness (QED) is 0.527. The summed E-state index contributed by atoms with van der Waals surface area (Å²) in [6.07, 6.45) is 5.93. The predicted molar refractivity (Wildman–Crippen MR) is 92.3 cm³/mol. The van der Waals surface area contributed by atoms with Crippen molar-refractivity contribution < 1.29 is 20.1 Å². The van der Waals surface area contributed by atoms with E-state index < -0.39 is 0 Å². The second kappa shape index (κ2) is 6.57. The predicted octanol–water partition coefficient (Wildman–Crippen LogP) is 3.66. The maximum atomic E-state index is 4.57. The molecule has 0 atom stereocenters. The van der Waals surface area contributed by atoms with Crippen molar-refractivity contribution >= 4 is 24.1 Å². The molecule has 1 aromatic heterocycles. The van der Waals surface area contributed by atoms with Gasteiger partial charge in [-0.1, -0.05) is 36.4 Å². The Labute approximate surface area is 150 Å². The zero-order valence-corrected chi connectivity index (χ0v) is 15.1. The van der Waals surface area contributed by atoms with Crippen LogP contribution in [0.25, 0.3) is 21.9 Å². The number of hydrogen-bond acceptors (Lipinski definition) is 3. The van der Waals surface area contributed by atoms with E-state index in [0.717, 1.165) is 11.4 Å². The van der Waals surface area contributed by atoms with Crippen LogP contribution in [-0.4, -0.2) is 24.4 Å². The minimum atomic E-state index is 0. The summed E-state index contributed by atoms with van der Waals surface area (Å²) < 4.78 is 0. The zero-order valence-electron chi connectivity index (χ0n) is 12.7. The van der Waals surface area contributed by atoms with Crippen LogP contribution in [0.1, 0.15) is 0 Å². The van der Waals surface area contributed by atoms with Gasteiger partial charge in [-0.25, -0.2) is 4.98 Å².